The van der Waals surface area contributed by atoms with Gasteiger partial charge in [0, 0.05) is 54.3 Å². The lowest BCUT2D eigenvalue weighted by molar-refractivity contribution is -0.134. The first-order chi connectivity index (χ1) is 26.2. The number of amides is 4. The maximum Gasteiger partial charge on any atom is 0.407 e. The molecule has 4 aromatic rings. The molecule has 0 unspecified atom stereocenters. The second-order valence-corrected chi connectivity index (χ2v) is 13.4. The summed E-state index contributed by atoms with van der Waals surface area (Å²) in [4.78, 5) is 74.2. The van der Waals surface area contributed by atoms with Crippen LogP contribution in [0.15, 0.2) is 61.1 Å². The van der Waals surface area contributed by atoms with Gasteiger partial charge in [0.25, 0.3) is 0 Å². The zero-order valence-corrected chi connectivity index (χ0v) is 31.5. The molecule has 1 aromatic carbocycles. The van der Waals surface area contributed by atoms with Crippen LogP contribution in [-0.2, 0) is 32.2 Å². The summed E-state index contributed by atoms with van der Waals surface area (Å²) < 4.78 is 9.37. The molecule has 1 aliphatic rings. The van der Waals surface area contributed by atoms with Crippen molar-refractivity contribution in [2.75, 3.05) is 33.9 Å². The number of rotatable bonds is 16. The predicted octanol–water partition coefficient (Wildman–Crippen LogP) is 5.57. The molecule has 54 heavy (non-hydrogen) atoms. The third-order valence-electron chi connectivity index (χ3n) is 9.69. The SMILES string of the molecule is CCCN(Cc1ncc(-c2ccc(C3CCC(c4cnc(CN(CCC)C(=O)[C@H](NC(=O)OC)c5ccccc5)[nH]4)CC3)nc2)[nH]1)C(=O)CNC(=O)OC. The van der Waals surface area contributed by atoms with Crippen molar-refractivity contribution in [3.8, 4) is 11.3 Å². The number of pyridine rings is 1. The molecule has 1 aliphatic carbocycles. The van der Waals surface area contributed by atoms with E-state index >= 15 is 0 Å². The van der Waals surface area contributed by atoms with E-state index < -0.39 is 18.2 Å². The zero-order valence-electron chi connectivity index (χ0n) is 31.5. The number of alkyl carbamates (subject to hydrolysis) is 2. The molecule has 1 saturated carbocycles. The normalized spacial score (nSPS) is 15.9. The van der Waals surface area contributed by atoms with Gasteiger partial charge in [0.2, 0.25) is 11.8 Å². The molecule has 0 spiro atoms. The average Bonchev–Trinajstić information content (AvgIpc) is 3.89. The Labute approximate surface area is 315 Å². The summed E-state index contributed by atoms with van der Waals surface area (Å²) in [5, 5.41) is 5.14. The predicted molar refractivity (Wildman–Crippen MR) is 201 cm³/mol. The molecule has 1 fully saturated rings. The van der Waals surface area contributed by atoms with Crippen molar-refractivity contribution in [2.24, 2.45) is 0 Å². The van der Waals surface area contributed by atoms with E-state index in [9.17, 15) is 19.2 Å². The van der Waals surface area contributed by atoms with Crippen LogP contribution in [0.3, 0.4) is 0 Å². The van der Waals surface area contributed by atoms with Gasteiger partial charge >= 0.3 is 12.2 Å². The van der Waals surface area contributed by atoms with Gasteiger partial charge < -0.3 is 39.9 Å². The summed E-state index contributed by atoms with van der Waals surface area (Å²) in [5.41, 5.74) is 4.52. The molecule has 0 bridgehead atoms. The Morgan fingerprint density at radius 2 is 1.43 bits per heavy atom. The highest BCUT2D eigenvalue weighted by atomic mass is 16.5. The maximum absolute atomic E-state index is 13.8. The summed E-state index contributed by atoms with van der Waals surface area (Å²) >= 11 is 0. The van der Waals surface area contributed by atoms with Crippen LogP contribution in [0.1, 0.15) is 98.9 Å². The number of ether oxygens (including phenoxy) is 2. The standard InChI is InChI=1S/C39H51N9O6/c1-5-18-47(35(49)23-43-38(51)53-3)24-33-42-22-32(45-33)29-16-17-30(40-20-29)26-12-14-27(15-13-26)31-21-41-34(44-31)25-48(19-6-2)37(50)36(46-39(52)54-4)28-10-8-7-9-11-28/h7-11,16-17,20-22,26-27,36H,5-6,12-15,18-19,23-25H2,1-4H3,(H,41,44)(H,42,45)(H,43,51)(H,46,52)/t26?,27?,36-/m1/s1. The molecular formula is C39H51N9O6. The van der Waals surface area contributed by atoms with Crippen LogP contribution in [0.2, 0.25) is 0 Å². The van der Waals surface area contributed by atoms with E-state index in [-0.39, 0.29) is 18.4 Å². The number of hydrogen-bond acceptors (Lipinski definition) is 9. The van der Waals surface area contributed by atoms with E-state index in [1.807, 2.05) is 56.6 Å². The number of benzene rings is 1. The molecular weight excluding hydrogens is 690 g/mol. The number of hydrogen-bond donors (Lipinski definition) is 4. The Bertz CT molecular complexity index is 1820. The number of aromatic amines is 2. The molecule has 3 aromatic heterocycles. The number of methoxy groups -OCH3 is 2. The van der Waals surface area contributed by atoms with E-state index in [2.05, 4.69) is 47.4 Å². The van der Waals surface area contributed by atoms with Crippen molar-refractivity contribution in [1.82, 2.24) is 45.4 Å². The lowest BCUT2D eigenvalue weighted by Crippen LogP contribution is -2.43. The minimum Gasteiger partial charge on any atom is -0.453 e. The molecule has 0 aliphatic heterocycles. The Hall–Kier alpha value is -5.73. The van der Waals surface area contributed by atoms with Crippen LogP contribution in [0.4, 0.5) is 9.59 Å². The average molecular weight is 742 g/mol. The molecule has 5 rings (SSSR count). The first kappa shape index (κ1) is 39.5. The Morgan fingerprint density at radius 3 is 2.09 bits per heavy atom. The van der Waals surface area contributed by atoms with Crippen LogP contribution in [0.5, 0.6) is 0 Å². The van der Waals surface area contributed by atoms with Gasteiger partial charge in [-0.15, -0.1) is 0 Å². The molecule has 1 atom stereocenters. The molecule has 0 radical (unpaired) electrons. The molecule has 4 amide bonds. The maximum atomic E-state index is 13.8. The summed E-state index contributed by atoms with van der Waals surface area (Å²) in [6.45, 7) is 5.48. The highest BCUT2D eigenvalue weighted by Gasteiger charge is 2.30. The number of nitrogens with one attached hydrogen (secondary N) is 4. The summed E-state index contributed by atoms with van der Waals surface area (Å²) in [6, 6.07) is 12.4. The number of H-pyrrole nitrogens is 2. The molecule has 0 saturated heterocycles. The van der Waals surface area contributed by atoms with E-state index in [0.717, 1.165) is 61.2 Å². The van der Waals surface area contributed by atoms with E-state index in [0.29, 0.717) is 55.2 Å². The van der Waals surface area contributed by atoms with Gasteiger partial charge in [-0.2, -0.15) is 0 Å². The minimum absolute atomic E-state index is 0.148. The number of nitrogens with zero attached hydrogens (tertiary/aromatic N) is 5. The molecule has 288 valence electrons. The van der Waals surface area contributed by atoms with Crippen LogP contribution in [0, 0.1) is 0 Å². The van der Waals surface area contributed by atoms with E-state index in [4.69, 9.17) is 9.72 Å². The monoisotopic (exact) mass is 741 g/mol. The van der Waals surface area contributed by atoms with Crippen LogP contribution < -0.4 is 10.6 Å². The van der Waals surface area contributed by atoms with Crippen LogP contribution in [-0.4, -0.2) is 92.6 Å². The summed E-state index contributed by atoms with van der Waals surface area (Å²) in [7, 11) is 2.54. The Morgan fingerprint density at radius 1 is 0.778 bits per heavy atom. The van der Waals surface area contributed by atoms with Gasteiger partial charge in [-0.3, -0.25) is 14.6 Å². The highest BCUT2D eigenvalue weighted by molar-refractivity contribution is 5.87. The fourth-order valence-electron chi connectivity index (χ4n) is 6.85. The number of carbonyl (C=O) groups excluding carboxylic acids is 4. The fourth-order valence-corrected chi connectivity index (χ4v) is 6.85. The third-order valence-corrected chi connectivity index (χ3v) is 9.69. The second kappa shape index (κ2) is 19.4. The number of imidazole rings is 2. The number of carbonyl (C=O) groups is 4. The fraction of sp³-hybridized carbons (Fsp3) is 0.462. The van der Waals surface area contributed by atoms with Gasteiger partial charge in [0.15, 0.2) is 0 Å². The van der Waals surface area contributed by atoms with Crippen molar-refractivity contribution in [2.45, 2.75) is 83.3 Å². The van der Waals surface area contributed by atoms with Gasteiger partial charge in [-0.05, 0) is 56.2 Å². The van der Waals surface area contributed by atoms with Crippen molar-refractivity contribution < 1.29 is 28.7 Å². The van der Waals surface area contributed by atoms with Crippen molar-refractivity contribution >= 4 is 24.0 Å². The van der Waals surface area contributed by atoms with Gasteiger partial charge in [-0.1, -0.05) is 44.2 Å². The summed E-state index contributed by atoms with van der Waals surface area (Å²) in [5.74, 6) is 1.58. The highest BCUT2D eigenvalue weighted by Crippen LogP contribution is 2.39. The quantitative estimate of drug-likeness (QED) is 0.114. The van der Waals surface area contributed by atoms with E-state index in [1.54, 1.807) is 16.0 Å². The lowest BCUT2D eigenvalue weighted by Gasteiger charge is -2.28. The smallest absolute Gasteiger partial charge is 0.407 e. The topological polar surface area (TPSA) is 188 Å². The van der Waals surface area contributed by atoms with E-state index in [1.165, 1.54) is 14.2 Å². The summed E-state index contributed by atoms with van der Waals surface area (Å²) in [6.07, 6.45) is 9.64. The first-order valence-electron chi connectivity index (χ1n) is 18.5. The second-order valence-electron chi connectivity index (χ2n) is 13.4. The largest absolute Gasteiger partial charge is 0.453 e. The lowest BCUT2D eigenvalue weighted by atomic mass is 9.79. The van der Waals surface area contributed by atoms with Crippen molar-refractivity contribution in [1.29, 1.82) is 0 Å². The minimum atomic E-state index is -0.877. The number of aromatic nitrogens is 5. The molecule has 4 N–H and O–H groups in total. The van der Waals surface area contributed by atoms with Gasteiger partial charge in [0.05, 0.1) is 39.2 Å². The zero-order chi connectivity index (χ0) is 38.5. The Balaban J connectivity index is 1.15. The molecule has 15 heteroatoms. The van der Waals surface area contributed by atoms with Crippen molar-refractivity contribution in [3.63, 3.8) is 0 Å². The van der Waals surface area contributed by atoms with Crippen LogP contribution in [0.25, 0.3) is 11.3 Å². The van der Waals surface area contributed by atoms with Crippen LogP contribution >= 0.6 is 0 Å². The molecule has 15 nitrogen and oxygen atoms in total. The van der Waals surface area contributed by atoms with Gasteiger partial charge in [0.1, 0.15) is 24.2 Å². The molecule has 3 heterocycles. The van der Waals surface area contributed by atoms with Gasteiger partial charge in [-0.25, -0.2) is 19.6 Å². The third kappa shape index (κ3) is 10.4. The van der Waals surface area contributed by atoms with Crippen molar-refractivity contribution in [3.05, 3.63) is 89.7 Å². The first-order valence-corrected chi connectivity index (χ1v) is 18.5. The Kier molecular flexibility index (Phi) is 14.2.